The molecule has 2 aliphatic heterocycles. The van der Waals surface area contributed by atoms with Crippen LogP contribution in [0.4, 0.5) is 0 Å². The fourth-order valence-electron chi connectivity index (χ4n) is 3.36. The van der Waals surface area contributed by atoms with E-state index in [1.54, 1.807) is 0 Å². The molecule has 0 saturated carbocycles. The molecular weight excluding hydrogens is 262 g/mol. The first-order chi connectivity index (χ1) is 9.56. The monoisotopic (exact) mass is 279 g/mol. The predicted molar refractivity (Wildman–Crippen MR) is 71.1 cm³/mol. The lowest BCUT2D eigenvalue weighted by Crippen LogP contribution is -2.43. The maximum Gasteiger partial charge on any atom is 0.342 e. The number of aromatic carboxylic acids is 1. The Morgan fingerprint density at radius 2 is 2.05 bits per heavy atom. The minimum Gasteiger partial charge on any atom is -0.477 e. The molecule has 2 saturated heterocycles. The van der Waals surface area contributed by atoms with Gasteiger partial charge in [0.25, 0.3) is 5.56 Å². The van der Waals surface area contributed by atoms with E-state index in [0.29, 0.717) is 6.04 Å². The molecule has 0 radical (unpaired) electrons. The SMILES string of the molecule is O=C(O)c1cn(C2CCN3CCCC3C2)c(=O)[nH]c1=O. The van der Waals surface area contributed by atoms with Crippen LogP contribution in [0.15, 0.2) is 15.8 Å². The molecule has 0 bridgehead atoms. The number of hydrogen-bond acceptors (Lipinski definition) is 4. The number of carboxylic acids is 1. The second-order valence-electron chi connectivity index (χ2n) is 5.52. The molecule has 0 spiro atoms. The smallest absolute Gasteiger partial charge is 0.342 e. The van der Waals surface area contributed by atoms with Crippen LogP contribution in [0.2, 0.25) is 0 Å². The number of H-pyrrole nitrogens is 1. The van der Waals surface area contributed by atoms with Crippen molar-refractivity contribution >= 4 is 5.97 Å². The summed E-state index contributed by atoms with van der Waals surface area (Å²) in [6.45, 7) is 2.03. The molecule has 0 amide bonds. The number of aromatic amines is 1. The molecule has 0 aliphatic carbocycles. The van der Waals surface area contributed by atoms with Gasteiger partial charge in [-0.15, -0.1) is 0 Å². The van der Waals surface area contributed by atoms with Crippen molar-refractivity contribution < 1.29 is 9.90 Å². The number of fused-ring (bicyclic) bond motifs is 1. The third-order valence-corrected chi connectivity index (χ3v) is 4.38. The average Bonchev–Trinajstić information content (AvgIpc) is 2.85. The van der Waals surface area contributed by atoms with E-state index in [1.807, 2.05) is 0 Å². The summed E-state index contributed by atoms with van der Waals surface area (Å²) in [4.78, 5) is 38.9. The summed E-state index contributed by atoms with van der Waals surface area (Å²) < 4.78 is 1.39. The van der Waals surface area contributed by atoms with E-state index < -0.39 is 17.2 Å². The molecule has 2 aliphatic rings. The molecule has 7 heteroatoms. The fraction of sp³-hybridized carbons (Fsp3) is 0.615. The molecule has 7 nitrogen and oxygen atoms in total. The number of aromatic nitrogens is 2. The van der Waals surface area contributed by atoms with Gasteiger partial charge in [-0.05, 0) is 32.2 Å². The first kappa shape index (κ1) is 13.1. The Morgan fingerprint density at radius 1 is 1.25 bits per heavy atom. The van der Waals surface area contributed by atoms with Gasteiger partial charge in [-0.2, -0.15) is 0 Å². The first-order valence-corrected chi connectivity index (χ1v) is 6.89. The second-order valence-corrected chi connectivity index (χ2v) is 5.52. The fourth-order valence-corrected chi connectivity index (χ4v) is 3.36. The van der Waals surface area contributed by atoms with Crippen molar-refractivity contribution in [2.45, 2.75) is 37.8 Å². The Balaban J connectivity index is 1.94. The lowest BCUT2D eigenvalue weighted by atomic mass is 9.97. The van der Waals surface area contributed by atoms with Crippen molar-refractivity contribution in [1.29, 1.82) is 0 Å². The van der Waals surface area contributed by atoms with Crippen LogP contribution in [0.5, 0.6) is 0 Å². The van der Waals surface area contributed by atoms with Gasteiger partial charge in [-0.25, -0.2) is 9.59 Å². The molecule has 1 aromatic heterocycles. The highest BCUT2D eigenvalue weighted by Crippen LogP contribution is 2.32. The average molecular weight is 279 g/mol. The number of nitrogens with one attached hydrogen (secondary N) is 1. The lowest BCUT2D eigenvalue weighted by Gasteiger charge is -2.35. The third kappa shape index (κ3) is 2.18. The van der Waals surface area contributed by atoms with E-state index in [4.69, 9.17) is 5.11 Å². The van der Waals surface area contributed by atoms with Crippen molar-refractivity contribution in [1.82, 2.24) is 14.5 Å². The van der Waals surface area contributed by atoms with E-state index in [1.165, 1.54) is 17.2 Å². The highest BCUT2D eigenvalue weighted by Gasteiger charge is 2.33. The minimum absolute atomic E-state index is 0.0307. The van der Waals surface area contributed by atoms with Crippen molar-refractivity contribution in [3.05, 3.63) is 32.6 Å². The Bertz CT molecular complexity index is 648. The van der Waals surface area contributed by atoms with Gasteiger partial charge in [-0.3, -0.25) is 14.3 Å². The molecule has 3 rings (SSSR count). The van der Waals surface area contributed by atoms with Gasteiger partial charge < -0.3 is 10.0 Å². The summed E-state index contributed by atoms with van der Waals surface area (Å²) in [5.74, 6) is -1.31. The van der Waals surface area contributed by atoms with Crippen LogP contribution in [0.3, 0.4) is 0 Å². The molecular formula is C13H17N3O4. The van der Waals surface area contributed by atoms with Gasteiger partial charge in [0.1, 0.15) is 5.56 Å². The summed E-state index contributed by atoms with van der Waals surface area (Å²) in [5.41, 5.74) is -1.73. The van der Waals surface area contributed by atoms with Crippen LogP contribution >= 0.6 is 0 Å². The van der Waals surface area contributed by atoms with Crippen LogP contribution in [-0.4, -0.2) is 44.7 Å². The number of piperidine rings is 1. The topological polar surface area (TPSA) is 95.4 Å². The Morgan fingerprint density at radius 3 is 2.80 bits per heavy atom. The van der Waals surface area contributed by atoms with Crippen LogP contribution in [0.25, 0.3) is 0 Å². The maximum atomic E-state index is 11.9. The molecule has 1 aromatic rings. The van der Waals surface area contributed by atoms with Gasteiger partial charge in [0.15, 0.2) is 0 Å². The Hall–Kier alpha value is -1.89. The zero-order valence-corrected chi connectivity index (χ0v) is 11.0. The minimum atomic E-state index is -1.31. The highest BCUT2D eigenvalue weighted by atomic mass is 16.4. The van der Waals surface area contributed by atoms with E-state index in [9.17, 15) is 14.4 Å². The molecule has 3 heterocycles. The van der Waals surface area contributed by atoms with Gasteiger partial charge >= 0.3 is 11.7 Å². The van der Waals surface area contributed by atoms with Gasteiger partial charge in [0, 0.05) is 24.8 Å². The van der Waals surface area contributed by atoms with Crippen molar-refractivity contribution in [3.8, 4) is 0 Å². The normalized spacial score (nSPS) is 26.4. The molecule has 108 valence electrons. The van der Waals surface area contributed by atoms with Crippen LogP contribution in [-0.2, 0) is 0 Å². The number of hydrogen-bond donors (Lipinski definition) is 2. The zero-order valence-electron chi connectivity index (χ0n) is 11.0. The summed E-state index contributed by atoms with van der Waals surface area (Å²) in [6.07, 6.45) is 5.14. The maximum absolute atomic E-state index is 11.9. The number of carbonyl (C=O) groups is 1. The predicted octanol–water partition coefficient (Wildman–Crippen LogP) is 0.0341. The summed E-state index contributed by atoms with van der Waals surface area (Å²) >= 11 is 0. The van der Waals surface area contributed by atoms with E-state index in [-0.39, 0.29) is 11.6 Å². The molecule has 0 aromatic carbocycles. The number of nitrogens with zero attached hydrogens (tertiary/aromatic N) is 2. The lowest BCUT2D eigenvalue weighted by molar-refractivity contribution is 0.0692. The van der Waals surface area contributed by atoms with Crippen LogP contribution in [0, 0.1) is 0 Å². The largest absolute Gasteiger partial charge is 0.477 e. The second kappa shape index (κ2) is 4.90. The summed E-state index contributed by atoms with van der Waals surface area (Å²) in [6, 6.07) is 0.442. The van der Waals surface area contributed by atoms with E-state index >= 15 is 0 Å². The van der Waals surface area contributed by atoms with Gasteiger partial charge in [0.05, 0.1) is 0 Å². The van der Waals surface area contributed by atoms with Crippen molar-refractivity contribution in [2.24, 2.45) is 0 Å². The Labute approximate surface area is 114 Å². The summed E-state index contributed by atoms with van der Waals surface area (Å²) in [5, 5.41) is 8.99. The van der Waals surface area contributed by atoms with Crippen LogP contribution in [0.1, 0.15) is 42.1 Å². The molecule has 2 atom stereocenters. The van der Waals surface area contributed by atoms with E-state index in [0.717, 1.165) is 32.4 Å². The third-order valence-electron chi connectivity index (χ3n) is 4.38. The van der Waals surface area contributed by atoms with Crippen molar-refractivity contribution in [3.63, 3.8) is 0 Å². The number of rotatable bonds is 2. The molecule has 2 fully saturated rings. The van der Waals surface area contributed by atoms with E-state index in [2.05, 4.69) is 9.88 Å². The Kier molecular flexibility index (Phi) is 3.21. The number of carboxylic acid groups (broad SMARTS) is 1. The summed E-state index contributed by atoms with van der Waals surface area (Å²) in [7, 11) is 0. The standard InChI is InChI=1S/C13H17N3O4/c17-11-10(12(18)19)7-16(13(20)14-11)9-3-5-15-4-1-2-8(15)6-9/h7-9H,1-6H2,(H,18,19)(H,14,17,20). The highest BCUT2D eigenvalue weighted by molar-refractivity contribution is 5.86. The molecule has 20 heavy (non-hydrogen) atoms. The van der Waals surface area contributed by atoms with Gasteiger partial charge in [-0.1, -0.05) is 0 Å². The van der Waals surface area contributed by atoms with Gasteiger partial charge in [0.2, 0.25) is 0 Å². The molecule has 2 unspecified atom stereocenters. The first-order valence-electron chi connectivity index (χ1n) is 6.89. The van der Waals surface area contributed by atoms with Crippen molar-refractivity contribution in [2.75, 3.05) is 13.1 Å². The van der Waals surface area contributed by atoms with Crippen LogP contribution < -0.4 is 11.2 Å². The quantitative estimate of drug-likeness (QED) is 0.796. The zero-order chi connectivity index (χ0) is 14.3. The molecule has 2 N–H and O–H groups in total.